The Labute approximate surface area is 117 Å². The molecule has 19 heavy (non-hydrogen) atoms. The number of likely N-dealkylation sites (tertiary alicyclic amines) is 1. The van der Waals surface area contributed by atoms with Crippen LogP contribution in [0, 0.1) is 17.8 Å². The Morgan fingerprint density at radius 3 is 2.74 bits per heavy atom. The van der Waals surface area contributed by atoms with E-state index in [1.165, 1.54) is 0 Å². The van der Waals surface area contributed by atoms with E-state index in [4.69, 9.17) is 0 Å². The highest BCUT2D eigenvalue weighted by molar-refractivity contribution is 5.81. The molecule has 2 saturated heterocycles. The molecule has 0 bridgehead atoms. The highest BCUT2D eigenvalue weighted by Crippen LogP contribution is 2.33. The van der Waals surface area contributed by atoms with Crippen LogP contribution < -0.4 is 10.6 Å². The van der Waals surface area contributed by atoms with E-state index in [0.29, 0.717) is 12.0 Å². The Kier molecular flexibility index (Phi) is 4.85. The molecule has 4 unspecified atom stereocenters. The van der Waals surface area contributed by atoms with Crippen LogP contribution >= 0.6 is 0 Å². The number of rotatable bonds is 5. The quantitative estimate of drug-likeness (QED) is 0.783. The first-order valence-electron chi connectivity index (χ1n) is 7.75. The summed E-state index contributed by atoms with van der Waals surface area (Å²) in [4.78, 5) is 14.6. The summed E-state index contributed by atoms with van der Waals surface area (Å²) in [6.07, 6.45) is 1.06. The molecule has 4 heteroatoms. The first kappa shape index (κ1) is 14.8. The number of fused-ring (bicyclic) bond motifs is 1. The predicted octanol–water partition coefficient (Wildman–Crippen LogP) is 1.08. The number of hydrogen-bond donors (Lipinski definition) is 2. The van der Waals surface area contributed by atoms with E-state index in [0.717, 1.165) is 44.4 Å². The van der Waals surface area contributed by atoms with Crippen molar-refractivity contribution in [1.29, 1.82) is 0 Å². The smallest absolute Gasteiger partial charge is 0.237 e. The van der Waals surface area contributed by atoms with Crippen molar-refractivity contribution < 1.29 is 4.79 Å². The zero-order valence-electron chi connectivity index (χ0n) is 12.8. The van der Waals surface area contributed by atoms with E-state index in [9.17, 15) is 4.79 Å². The highest BCUT2D eigenvalue weighted by atomic mass is 16.2. The molecule has 0 aliphatic carbocycles. The Balaban J connectivity index is 1.82. The van der Waals surface area contributed by atoms with Gasteiger partial charge in [0.1, 0.15) is 0 Å². The summed E-state index contributed by atoms with van der Waals surface area (Å²) in [6.45, 7) is 12.8. The number of hydrogen-bond acceptors (Lipinski definition) is 3. The average molecular weight is 267 g/mol. The molecule has 110 valence electrons. The molecule has 0 saturated carbocycles. The third kappa shape index (κ3) is 3.29. The lowest BCUT2D eigenvalue weighted by Crippen LogP contribution is -2.48. The van der Waals surface area contributed by atoms with Gasteiger partial charge in [0, 0.05) is 19.1 Å². The second-order valence-corrected chi connectivity index (χ2v) is 6.67. The van der Waals surface area contributed by atoms with Gasteiger partial charge in [0.2, 0.25) is 5.91 Å². The van der Waals surface area contributed by atoms with Gasteiger partial charge in [0.25, 0.3) is 0 Å². The summed E-state index contributed by atoms with van der Waals surface area (Å²) in [5.74, 6) is 2.30. The van der Waals surface area contributed by atoms with Crippen LogP contribution in [0.2, 0.25) is 0 Å². The third-order valence-electron chi connectivity index (χ3n) is 4.88. The maximum Gasteiger partial charge on any atom is 0.237 e. The summed E-state index contributed by atoms with van der Waals surface area (Å²) >= 11 is 0. The molecule has 0 spiro atoms. The van der Waals surface area contributed by atoms with Crippen molar-refractivity contribution >= 4 is 5.91 Å². The van der Waals surface area contributed by atoms with Gasteiger partial charge >= 0.3 is 0 Å². The van der Waals surface area contributed by atoms with E-state index in [1.807, 2.05) is 0 Å². The third-order valence-corrected chi connectivity index (χ3v) is 4.88. The van der Waals surface area contributed by atoms with Crippen LogP contribution in [0.1, 0.15) is 34.1 Å². The van der Waals surface area contributed by atoms with Crippen LogP contribution in [0.25, 0.3) is 0 Å². The molecule has 4 atom stereocenters. The zero-order valence-corrected chi connectivity index (χ0v) is 12.8. The zero-order chi connectivity index (χ0) is 14.0. The van der Waals surface area contributed by atoms with Crippen molar-refractivity contribution in [3.05, 3.63) is 0 Å². The number of carbonyl (C=O) groups excluding carboxylic acids is 1. The van der Waals surface area contributed by atoms with Crippen LogP contribution in [0.5, 0.6) is 0 Å². The fraction of sp³-hybridized carbons (Fsp3) is 0.933. The standard InChI is InChI=1S/C15H29N3O/c1-10(2)5-6-17-15(19)12(4)18-9-13-7-16-8-14(13)11(18)3/h10-14,16H,5-9H2,1-4H3,(H,17,19). The minimum atomic E-state index is 0.00719. The highest BCUT2D eigenvalue weighted by Gasteiger charge is 2.44. The first-order valence-corrected chi connectivity index (χ1v) is 7.75. The second kappa shape index (κ2) is 6.23. The predicted molar refractivity (Wildman–Crippen MR) is 77.9 cm³/mol. The van der Waals surface area contributed by atoms with Gasteiger partial charge in [-0.3, -0.25) is 9.69 Å². The lowest BCUT2D eigenvalue weighted by atomic mass is 9.95. The van der Waals surface area contributed by atoms with Crippen molar-refractivity contribution in [2.24, 2.45) is 17.8 Å². The molecule has 2 fully saturated rings. The average Bonchev–Trinajstić information content (AvgIpc) is 2.91. The summed E-state index contributed by atoms with van der Waals surface area (Å²) in [6, 6.07) is 0.526. The fourth-order valence-corrected chi connectivity index (χ4v) is 3.49. The molecule has 0 aromatic rings. The van der Waals surface area contributed by atoms with Crippen LogP contribution in [0.4, 0.5) is 0 Å². The van der Waals surface area contributed by atoms with Gasteiger partial charge in [0.15, 0.2) is 0 Å². The Morgan fingerprint density at radius 1 is 1.37 bits per heavy atom. The number of nitrogens with zero attached hydrogens (tertiary/aromatic N) is 1. The SMILES string of the molecule is CC(C)CCNC(=O)C(C)N1CC2CNCC2C1C. The molecule has 2 rings (SSSR count). The number of carbonyl (C=O) groups is 1. The molecule has 1 amide bonds. The maximum absolute atomic E-state index is 12.2. The second-order valence-electron chi connectivity index (χ2n) is 6.67. The molecule has 0 radical (unpaired) electrons. The minimum Gasteiger partial charge on any atom is -0.355 e. The van der Waals surface area contributed by atoms with Crippen molar-refractivity contribution in [2.45, 2.75) is 46.2 Å². The Morgan fingerprint density at radius 2 is 2.11 bits per heavy atom. The molecule has 4 nitrogen and oxygen atoms in total. The molecule has 2 aliphatic heterocycles. The molecule has 2 heterocycles. The maximum atomic E-state index is 12.2. The van der Waals surface area contributed by atoms with E-state index < -0.39 is 0 Å². The monoisotopic (exact) mass is 267 g/mol. The van der Waals surface area contributed by atoms with Gasteiger partial charge in [-0.1, -0.05) is 13.8 Å². The van der Waals surface area contributed by atoms with Crippen LogP contribution in [0.3, 0.4) is 0 Å². The number of amides is 1. The van der Waals surface area contributed by atoms with Crippen LogP contribution in [0.15, 0.2) is 0 Å². The van der Waals surface area contributed by atoms with Crippen molar-refractivity contribution in [2.75, 3.05) is 26.2 Å². The first-order chi connectivity index (χ1) is 9.00. The van der Waals surface area contributed by atoms with Crippen molar-refractivity contribution in [3.8, 4) is 0 Å². The van der Waals surface area contributed by atoms with Crippen LogP contribution in [-0.4, -0.2) is 49.1 Å². The van der Waals surface area contributed by atoms with Crippen LogP contribution in [-0.2, 0) is 4.79 Å². The number of nitrogens with one attached hydrogen (secondary N) is 2. The molecule has 0 aromatic carbocycles. The van der Waals surface area contributed by atoms with E-state index >= 15 is 0 Å². The van der Waals surface area contributed by atoms with Gasteiger partial charge < -0.3 is 10.6 Å². The fourth-order valence-electron chi connectivity index (χ4n) is 3.49. The summed E-state index contributed by atoms with van der Waals surface area (Å²) in [5.41, 5.74) is 0. The topological polar surface area (TPSA) is 44.4 Å². The normalized spacial score (nSPS) is 32.6. The largest absolute Gasteiger partial charge is 0.355 e. The van der Waals surface area contributed by atoms with E-state index in [2.05, 4.69) is 43.2 Å². The van der Waals surface area contributed by atoms with Gasteiger partial charge in [-0.05, 0) is 51.1 Å². The van der Waals surface area contributed by atoms with Gasteiger partial charge in [0.05, 0.1) is 6.04 Å². The minimum absolute atomic E-state index is 0.00719. The molecular weight excluding hydrogens is 238 g/mol. The molecule has 2 N–H and O–H groups in total. The van der Waals surface area contributed by atoms with Gasteiger partial charge in [-0.15, -0.1) is 0 Å². The Bertz CT molecular complexity index is 319. The lowest BCUT2D eigenvalue weighted by molar-refractivity contribution is -0.126. The summed E-state index contributed by atoms with van der Waals surface area (Å²) in [7, 11) is 0. The Hall–Kier alpha value is -0.610. The van der Waals surface area contributed by atoms with Crippen molar-refractivity contribution in [3.63, 3.8) is 0 Å². The summed E-state index contributed by atoms with van der Waals surface area (Å²) in [5, 5.41) is 6.54. The summed E-state index contributed by atoms with van der Waals surface area (Å²) < 4.78 is 0. The molecule has 0 aromatic heterocycles. The van der Waals surface area contributed by atoms with Gasteiger partial charge in [-0.2, -0.15) is 0 Å². The van der Waals surface area contributed by atoms with E-state index in [1.54, 1.807) is 0 Å². The van der Waals surface area contributed by atoms with E-state index in [-0.39, 0.29) is 11.9 Å². The lowest BCUT2D eigenvalue weighted by Gasteiger charge is -2.29. The molecular formula is C15H29N3O. The molecule has 2 aliphatic rings. The van der Waals surface area contributed by atoms with Crippen molar-refractivity contribution in [1.82, 2.24) is 15.5 Å². The van der Waals surface area contributed by atoms with Gasteiger partial charge in [-0.25, -0.2) is 0 Å².